The van der Waals surface area contributed by atoms with Crippen molar-refractivity contribution in [3.05, 3.63) is 89.2 Å². The summed E-state index contributed by atoms with van der Waals surface area (Å²) in [5.74, 6) is 1.24. The number of benzene rings is 2. The van der Waals surface area contributed by atoms with Gasteiger partial charge < -0.3 is 10.1 Å². The van der Waals surface area contributed by atoms with Gasteiger partial charge in [0.1, 0.15) is 11.5 Å². The molecule has 0 atom stereocenters. The number of nitrogens with zero attached hydrogens (tertiary/aromatic N) is 1. The molecule has 5 heteroatoms. The van der Waals surface area contributed by atoms with Crippen LogP contribution in [-0.4, -0.2) is 10.9 Å². The second-order valence-electron chi connectivity index (χ2n) is 5.13. The van der Waals surface area contributed by atoms with Crippen LogP contribution >= 0.6 is 11.6 Å². The molecule has 1 N–H and O–H groups in total. The summed E-state index contributed by atoms with van der Waals surface area (Å²) in [6.45, 7) is 0.408. The van der Waals surface area contributed by atoms with Crippen molar-refractivity contribution in [2.75, 3.05) is 0 Å². The van der Waals surface area contributed by atoms with Crippen LogP contribution in [0.25, 0.3) is 0 Å². The summed E-state index contributed by atoms with van der Waals surface area (Å²) >= 11 is 5.86. The van der Waals surface area contributed by atoms with Crippen LogP contribution < -0.4 is 10.1 Å². The summed E-state index contributed by atoms with van der Waals surface area (Å²) in [5, 5.41) is 3.52. The number of halogens is 1. The van der Waals surface area contributed by atoms with E-state index in [2.05, 4.69) is 10.3 Å². The molecule has 0 aliphatic rings. The molecule has 120 valence electrons. The highest BCUT2D eigenvalue weighted by Gasteiger charge is 2.05. The van der Waals surface area contributed by atoms with Crippen LogP contribution in [0.2, 0.25) is 5.02 Å². The summed E-state index contributed by atoms with van der Waals surface area (Å²) in [5.41, 5.74) is 1.48. The standard InChI is InChI=1S/C19H15ClN2O2/c20-16-6-8-17(9-7-16)24-18-5-1-3-14(11-18)12-22-19(23)15-4-2-10-21-13-15/h1-11,13H,12H2,(H,22,23). The Labute approximate surface area is 145 Å². The average Bonchev–Trinajstić information content (AvgIpc) is 2.63. The van der Waals surface area contributed by atoms with Gasteiger partial charge >= 0.3 is 0 Å². The normalized spacial score (nSPS) is 10.2. The van der Waals surface area contributed by atoms with Crippen LogP contribution in [0.1, 0.15) is 15.9 Å². The molecule has 0 radical (unpaired) electrons. The number of carbonyl (C=O) groups is 1. The molecule has 0 aliphatic carbocycles. The molecular formula is C19H15ClN2O2. The molecule has 0 bridgehead atoms. The number of hydrogen-bond acceptors (Lipinski definition) is 3. The number of ether oxygens (including phenoxy) is 1. The van der Waals surface area contributed by atoms with Crippen LogP contribution in [-0.2, 0) is 6.54 Å². The molecule has 0 fully saturated rings. The Morgan fingerprint density at radius 1 is 1.04 bits per heavy atom. The average molecular weight is 339 g/mol. The molecule has 0 unspecified atom stereocenters. The number of nitrogens with one attached hydrogen (secondary N) is 1. The highest BCUT2D eigenvalue weighted by atomic mass is 35.5. The Balaban J connectivity index is 1.63. The van der Waals surface area contributed by atoms with E-state index in [1.165, 1.54) is 6.20 Å². The smallest absolute Gasteiger partial charge is 0.253 e. The van der Waals surface area contributed by atoms with Crippen LogP contribution in [0.4, 0.5) is 0 Å². The number of amides is 1. The third-order valence-electron chi connectivity index (χ3n) is 3.32. The van der Waals surface area contributed by atoms with E-state index in [-0.39, 0.29) is 5.91 Å². The van der Waals surface area contributed by atoms with Crippen molar-refractivity contribution in [2.24, 2.45) is 0 Å². The fourth-order valence-electron chi connectivity index (χ4n) is 2.14. The summed E-state index contributed by atoms with van der Waals surface area (Å²) < 4.78 is 5.78. The second kappa shape index (κ2) is 7.62. The minimum Gasteiger partial charge on any atom is -0.457 e. The minimum atomic E-state index is -0.160. The van der Waals surface area contributed by atoms with Crippen molar-refractivity contribution >= 4 is 17.5 Å². The Morgan fingerprint density at radius 3 is 2.62 bits per heavy atom. The molecule has 3 rings (SSSR count). The summed E-state index contributed by atoms with van der Waals surface area (Å²) in [6.07, 6.45) is 3.17. The molecule has 0 aliphatic heterocycles. The lowest BCUT2D eigenvalue weighted by atomic mass is 10.2. The molecule has 2 aromatic carbocycles. The van der Waals surface area contributed by atoms with Crippen LogP contribution in [0.15, 0.2) is 73.1 Å². The van der Waals surface area contributed by atoms with Gasteiger partial charge in [-0.1, -0.05) is 23.7 Å². The van der Waals surface area contributed by atoms with Crippen molar-refractivity contribution in [1.82, 2.24) is 10.3 Å². The zero-order valence-electron chi connectivity index (χ0n) is 12.8. The van der Waals surface area contributed by atoms with E-state index in [0.717, 1.165) is 5.56 Å². The number of aromatic nitrogens is 1. The molecule has 0 saturated heterocycles. The van der Waals surface area contributed by atoms with E-state index >= 15 is 0 Å². The van der Waals surface area contributed by atoms with Gasteiger partial charge in [-0.3, -0.25) is 9.78 Å². The highest BCUT2D eigenvalue weighted by molar-refractivity contribution is 6.30. The maximum Gasteiger partial charge on any atom is 0.253 e. The molecule has 1 amide bonds. The Hall–Kier alpha value is -2.85. The molecule has 4 nitrogen and oxygen atoms in total. The van der Waals surface area contributed by atoms with Crippen molar-refractivity contribution < 1.29 is 9.53 Å². The van der Waals surface area contributed by atoms with E-state index in [0.29, 0.717) is 28.6 Å². The number of rotatable bonds is 5. The van der Waals surface area contributed by atoms with Crippen molar-refractivity contribution in [3.8, 4) is 11.5 Å². The first-order chi connectivity index (χ1) is 11.7. The third-order valence-corrected chi connectivity index (χ3v) is 3.58. The Morgan fingerprint density at radius 2 is 1.88 bits per heavy atom. The molecule has 24 heavy (non-hydrogen) atoms. The zero-order chi connectivity index (χ0) is 16.8. The van der Waals surface area contributed by atoms with Gasteiger partial charge in [-0.2, -0.15) is 0 Å². The van der Waals surface area contributed by atoms with Gasteiger partial charge in [0.15, 0.2) is 0 Å². The molecule has 0 saturated carbocycles. The molecule has 1 heterocycles. The van der Waals surface area contributed by atoms with Crippen molar-refractivity contribution in [2.45, 2.75) is 6.54 Å². The lowest BCUT2D eigenvalue weighted by molar-refractivity contribution is 0.0950. The van der Waals surface area contributed by atoms with E-state index in [1.807, 2.05) is 24.3 Å². The lowest BCUT2D eigenvalue weighted by Crippen LogP contribution is -2.22. The largest absolute Gasteiger partial charge is 0.457 e. The first kappa shape index (κ1) is 16.0. The van der Waals surface area contributed by atoms with Gasteiger partial charge in [0.05, 0.1) is 5.56 Å². The lowest BCUT2D eigenvalue weighted by Gasteiger charge is -2.09. The summed E-state index contributed by atoms with van der Waals surface area (Å²) in [7, 11) is 0. The van der Waals surface area contributed by atoms with Gasteiger partial charge in [-0.25, -0.2) is 0 Å². The van der Waals surface area contributed by atoms with Gasteiger partial charge in [-0.15, -0.1) is 0 Å². The number of carbonyl (C=O) groups excluding carboxylic acids is 1. The topological polar surface area (TPSA) is 51.2 Å². The third kappa shape index (κ3) is 4.33. The summed E-state index contributed by atoms with van der Waals surface area (Å²) in [4.78, 5) is 16.0. The van der Waals surface area contributed by atoms with E-state index < -0.39 is 0 Å². The van der Waals surface area contributed by atoms with Crippen molar-refractivity contribution in [1.29, 1.82) is 0 Å². The highest BCUT2D eigenvalue weighted by Crippen LogP contribution is 2.23. The Kier molecular flexibility index (Phi) is 5.08. The minimum absolute atomic E-state index is 0.160. The fraction of sp³-hybridized carbons (Fsp3) is 0.0526. The maximum atomic E-state index is 12.0. The Bertz CT molecular complexity index is 820. The van der Waals surface area contributed by atoms with Gasteiger partial charge in [0.2, 0.25) is 0 Å². The maximum absolute atomic E-state index is 12.0. The van der Waals surface area contributed by atoms with Crippen LogP contribution in [0, 0.1) is 0 Å². The second-order valence-corrected chi connectivity index (χ2v) is 5.56. The van der Waals surface area contributed by atoms with E-state index in [4.69, 9.17) is 16.3 Å². The SMILES string of the molecule is O=C(NCc1cccc(Oc2ccc(Cl)cc2)c1)c1cccnc1. The molecule has 0 spiro atoms. The molecule has 1 aromatic heterocycles. The van der Waals surface area contributed by atoms with Crippen molar-refractivity contribution in [3.63, 3.8) is 0 Å². The van der Waals surface area contributed by atoms with Gasteiger partial charge in [0.25, 0.3) is 5.91 Å². The monoisotopic (exact) mass is 338 g/mol. The van der Waals surface area contributed by atoms with Crippen LogP contribution in [0.5, 0.6) is 11.5 Å². The number of pyridine rings is 1. The van der Waals surface area contributed by atoms with E-state index in [1.54, 1.807) is 42.6 Å². The van der Waals surface area contributed by atoms with Crippen LogP contribution in [0.3, 0.4) is 0 Å². The summed E-state index contributed by atoms with van der Waals surface area (Å²) in [6, 6.07) is 18.2. The van der Waals surface area contributed by atoms with E-state index in [9.17, 15) is 4.79 Å². The predicted molar refractivity (Wildman–Crippen MR) is 93.4 cm³/mol. The first-order valence-corrected chi connectivity index (χ1v) is 7.79. The molecule has 3 aromatic rings. The quantitative estimate of drug-likeness (QED) is 0.747. The fourth-order valence-corrected chi connectivity index (χ4v) is 2.27. The van der Waals surface area contributed by atoms with Gasteiger partial charge in [-0.05, 0) is 54.1 Å². The number of hydrogen-bond donors (Lipinski definition) is 1. The van der Waals surface area contributed by atoms with Gasteiger partial charge in [0, 0.05) is 24.0 Å². The first-order valence-electron chi connectivity index (χ1n) is 7.41. The molecular weight excluding hydrogens is 324 g/mol. The predicted octanol–water partition coefficient (Wildman–Crippen LogP) is 4.46. The zero-order valence-corrected chi connectivity index (χ0v) is 13.5.